The van der Waals surface area contributed by atoms with Crippen molar-refractivity contribution < 1.29 is 0 Å². The Balaban J connectivity index is 1.66. The van der Waals surface area contributed by atoms with Gasteiger partial charge in [0.15, 0.2) is 0 Å². The molecule has 0 amide bonds. The second kappa shape index (κ2) is 5.43. The highest BCUT2D eigenvalue weighted by Gasteiger charge is 2.21. The number of nitrogens with one attached hydrogen (secondary N) is 1. The Bertz CT molecular complexity index is 826. The van der Waals surface area contributed by atoms with E-state index in [1.165, 1.54) is 11.1 Å². The maximum atomic E-state index is 5.80. The minimum absolute atomic E-state index is 0.360. The highest BCUT2D eigenvalue weighted by atomic mass is 15.0. The molecule has 0 bridgehead atoms. The first-order valence-electron chi connectivity index (χ1n) is 7.78. The lowest BCUT2D eigenvalue weighted by Gasteiger charge is -2.15. The number of nitrogens with zero attached hydrogens (tertiary/aromatic N) is 1. The van der Waals surface area contributed by atoms with Gasteiger partial charge in [-0.15, -0.1) is 0 Å². The van der Waals surface area contributed by atoms with Crippen LogP contribution in [-0.4, -0.2) is 4.98 Å². The maximum absolute atomic E-state index is 5.80. The first-order chi connectivity index (χ1) is 10.8. The van der Waals surface area contributed by atoms with Gasteiger partial charge in [0.2, 0.25) is 0 Å². The Kier molecular flexibility index (Phi) is 3.28. The molecule has 22 heavy (non-hydrogen) atoms. The zero-order chi connectivity index (χ0) is 14.9. The lowest BCUT2D eigenvalue weighted by molar-refractivity contribution is 0.758. The highest BCUT2D eigenvalue weighted by Crippen LogP contribution is 2.33. The van der Waals surface area contributed by atoms with E-state index in [4.69, 9.17) is 10.7 Å². The van der Waals surface area contributed by atoms with Crippen LogP contribution in [0.3, 0.4) is 0 Å². The van der Waals surface area contributed by atoms with Crippen molar-refractivity contribution in [3.8, 4) is 0 Å². The van der Waals surface area contributed by atoms with Gasteiger partial charge in [-0.3, -0.25) is 0 Å². The third-order valence-electron chi connectivity index (χ3n) is 4.50. The third-order valence-corrected chi connectivity index (χ3v) is 4.50. The summed E-state index contributed by atoms with van der Waals surface area (Å²) in [5.41, 5.74) is 10.8. The van der Waals surface area contributed by atoms with Crippen LogP contribution < -0.4 is 11.1 Å². The SMILES string of the molecule is NCc1cccc2nc(NC3CCc4ccccc43)ccc12. The molecule has 0 aliphatic heterocycles. The van der Waals surface area contributed by atoms with Crippen molar-refractivity contribution in [3.63, 3.8) is 0 Å². The molecule has 0 spiro atoms. The van der Waals surface area contributed by atoms with Crippen molar-refractivity contribution in [2.45, 2.75) is 25.4 Å². The lowest BCUT2D eigenvalue weighted by Crippen LogP contribution is -2.08. The fraction of sp³-hybridized carbons (Fsp3) is 0.211. The number of nitrogens with two attached hydrogens (primary N) is 1. The van der Waals surface area contributed by atoms with Crippen LogP contribution >= 0.6 is 0 Å². The van der Waals surface area contributed by atoms with Crippen LogP contribution in [0.5, 0.6) is 0 Å². The summed E-state index contributed by atoms with van der Waals surface area (Å²) >= 11 is 0. The standard InChI is InChI=1S/C19H19N3/c20-12-14-5-3-7-17-16(14)9-11-19(21-17)22-18-10-8-13-4-1-2-6-15(13)18/h1-7,9,11,18H,8,10,12,20H2,(H,21,22). The number of anilines is 1. The Labute approximate surface area is 130 Å². The number of rotatable bonds is 3. The van der Waals surface area contributed by atoms with E-state index in [0.29, 0.717) is 12.6 Å². The summed E-state index contributed by atoms with van der Waals surface area (Å²) < 4.78 is 0. The Morgan fingerprint density at radius 2 is 1.95 bits per heavy atom. The molecular formula is C19H19N3. The van der Waals surface area contributed by atoms with E-state index < -0.39 is 0 Å². The number of benzene rings is 2. The molecule has 3 nitrogen and oxygen atoms in total. The number of aryl methyl sites for hydroxylation is 1. The average Bonchev–Trinajstić information content (AvgIpc) is 2.97. The summed E-state index contributed by atoms with van der Waals surface area (Å²) in [6.45, 7) is 0.543. The molecule has 4 rings (SSSR count). The molecule has 0 radical (unpaired) electrons. The number of hydrogen-bond acceptors (Lipinski definition) is 3. The van der Waals surface area contributed by atoms with Gasteiger partial charge in [-0.2, -0.15) is 0 Å². The predicted molar refractivity (Wildman–Crippen MR) is 90.8 cm³/mol. The van der Waals surface area contributed by atoms with Crippen molar-refractivity contribution in [2.24, 2.45) is 5.73 Å². The van der Waals surface area contributed by atoms with Crippen molar-refractivity contribution in [1.29, 1.82) is 0 Å². The van der Waals surface area contributed by atoms with Crippen LogP contribution in [-0.2, 0) is 13.0 Å². The fourth-order valence-corrected chi connectivity index (χ4v) is 3.36. The first-order valence-corrected chi connectivity index (χ1v) is 7.78. The molecule has 110 valence electrons. The zero-order valence-corrected chi connectivity index (χ0v) is 12.4. The van der Waals surface area contributed by atoms with E-state index in [1.54, 1.807) is 0 Å². The Morgan fingerprint density at radius 3 is 2.86 bits per heavy atom. The van der Waals surface area contributed by atoms with Crippen LogP contribution in [0.2, 0.25) is 0 Å². The van der Waals surface area contributed by atoms with Crippen LogP contribution in [0.4, 0.5) is 5.82 Å². The smallest absolute Gasteiger partial charge is 0.127 e. The summed E-state index contributed by atoms with van der Waals surface area (Å²) in [6.07, 6.45) is 2.26. The molecule has 1 aliphatic rings. The van der Waals surface area contributed by atoms with Gasteiger partial charge in [0.05, 0.1) is 11.6 Å². The first kappa shape index (κ1) is 13.3. The van der Waals surface area contributed by atoms with E-state index in [0.717, 1.165) is 35.1 Å². The summed E-state index contributed by atoms with van der Waals surface area (Å²) in [6, 6.07) is 19.3. The molecule has 1 aromatic heterocycles. The van der Waals surface area contributed by atoms with Gasteiger partial charge < -0.3 is 11.1 Å². The molecule has 0 saturated carbocycles. The number of pyridine rings is 1. The van der Waals surface area contributed by atoms with Gasteiger partial charge in [-0.05, 0) is 47.7 Å². The van der Waals surface area contributed by atoms with Crippen LogP contribution in [0.25, 0.3) is 10.9 Å². The topological polar surface area (TPSA) is 50.9 Å². The van der Waals surface area contributed by atoms with Gasteiger partial charge in [-0.25, -0.2) is 4.98 Å². The number of hydrogen-bond donors (Lipinski definition) is 2. The van der Waals surface area contributed by atoms with E-state index in [9.17, 15) is 0 Å². The molecule has 1 heterocycles. The van der Waals surface area contributed by atoms with Crippen molar-refractivity contribution in [1.82, 2.24) is 4.98 Å². The number of aromatic nitrogens is 1. The molecule has 1 unspecified atom stereocenters. The Hall–Kier alpha value is -2.39. The second-order valence-electron chi connectivity index (χ2n) is 5.82. The molecule has 0 fully saturated rings. The van der Waals surface area contributed by atoms with E-state index >= 15 is 0 Å². The molecule has 0 saturated heterocycles. The zero-order valence-electron chi connectivity index (χ0n) is 12.4. The van der Waals surface area contributed by atoms with E-state index in [1.807, 2.05) is 12.1 Å². The maximum Gasteiger partial charge on any atom is 0.127 e. The van der Waals surface area contributed by atoms with Gasteiger partial charge in [0.1, 0.15) is 5.82 Å². The van der Waals surface area contributed by atoms with Crippen LogP contribution in [0, 0.1) is 0 Å². The molecule has 3 N–H and O–H groups in total. The summed E-state index contributed by atoms with van der Waals surface area (Å²) in [5, 5.41) is 4.73. The summed E-state index contributed by atoms with van der Waals surface area (Å²) in [7, 11) is 0. The van der Waals surface area contributed by atoms with Gasteiger partial charge >= 0.3 is 0 Å². The summed E-state index contributed by atoms with van der Waals surface area (Å²) in [5.74, 6) is 0.934. The third kappa shape index (κ3) is 2.24. The molecule has 1 atom stereocenters. The Morgan fingerprint density at radius 1 is 1.05 bits per heavy atom. The predicted octanol–water partition coefficient (Wildman–Crippen LogP) is 3.79. The highest BCUT2D eigenvalue weighted by molar-refractivity contribution is 5.83. The minimum Gasteiger partial charge on any atom is -0.363 e. The largest absolute Gasteiger partial charge is 0.363 e. The van der Waals surface area contributed by atoms with Gasteiger partial charge in [0.25, 0.3) is 0 Å². The van der Waals surface area contributed by atoms with Crippen molar-refractivity contribution >= 4 is 16.7 Å². The van der Waals surface area contributed by atoms with Crippen molar-refractivity contribution in [2.75, 3.05) is 5.32 Å². The monoisotopic (exact) mass is 289 g/mol. The molecular weight excluding hydrogens is 270 g/mol. The molecule has 3 heteroatoms. The molecule has 3 aromatic rings. The normalized spacial score (nSPS) is 16.7. The number of fused-ring (bicyclic) bond motifs is 2. The molecule has 1 aliphatic carbocycles. The molecule has 2 aromatic carbocycles. The van der Waals surface area contributed by atoms with Gasteiger partial charge in [0, 0.05) is 11.9 Å². The summed E-state index contributed by atoms with van der Waals surface area (Å²) in [4.78, 5) is 4.75. The minimum atomic E-state index is 0.360. The van der Waals surface area contributed by atoms with E-state index in [2.05, 4.69) is 47.8 Å². The van der Waals surface area contributed by atoms with E-state index in [-0.39, 0.29) is 0 Å². The fourth-order valence-electron chi connectivity index (χ4n) is 3.36. The quantitative estimate of drug-likeness (QED) is 0.771. The average molecular weight is 289 g/mol. The van der Waals surface area contributed by atoms with Gasteiger partial charge in [-0.1, -0.05) is 36.4 Å². The van der Waals surface area contributed by atoms with Crippen LogP contribution in [0.15, 0.2) is 54.6 Å². The van der Waals surface area contributed by atoms with Crippen molar-refractivity contribution in [3.05, 3.63) is 71.3 Å². The van der Waals surface area contributed by atoms with Crippen LogP contribution in [0.1, 0.15) is 29.2 Å². The second-order valence-corrected chi connectivity index (χ2v) is 5.82. The lowest BCUT2D eigenvalue weighted by atomic mass is 10.1.